The number of nitrogens with two attached hydrogens (primary N) is 1. The highest BCUT2D eigenvalue weighted by atomic mass is 15.2. The molecule has 0 aromatic carbocycles. The summed E-state index contributed by atoms with van der Waals surface area (Å²) in [5, 5.41) is 3.64. The molecule has 0 radical (unpaired) electrons. The van der Waals surface area contributed by atoms with E-state index >= 15 is 0 Å². The molecule has 2 rings (SSSR count). The van der Waals surface area contributed by atoms with Crippen LogP contribution in [-0.4, -0.2) is 44.2 Å². The van der Waals surface area contributed by atoms with Crippen LogP contribution in [0.4, 0.5) is 0 Å². The largest absolute Gasteiger partial charge is 0.330 e. The molecule has 1 saturated carbocycles. The van der Waals surface area contributed by atoms with Crippen LogP contribution in [0.25, 0.3) is 0 Å². The standard InChI is InChI=1S/C10H21N3/c1-13-5-2-9(6-13)12-8-10(7-11)3-4-10/h9,12H,2-8,11H2,1H3. The molecule has 2 fully saturated rings. The third-order valence-electron chi connectivity index (χ3n) is 3.55. The molecule has 0 amide bonds. The Labute approximate surface area is 80.7 Å². The lowest BCUT2D eigenvalue weighted by Gasteiger charge is -2.17. The average molecular weight is 183 g/mol. The fraction of sp³-hybridized carbons (Fsp3) is 1.00. The first-order chi connectivity index (χ1) is 6.24. The van der Waals surface area contributed by atoms with E-state index in [-0.39, 0.29) is 0 Å². The molecule has 76 valence electrons. The summed E-state index contributed by atoms with van der Waals surface area (Å²) < 4.78 is 0. The van der Waals surface area contributed by atoms with Crippen LogP contribution >= 0.6 is 0 Å². The average Bonchev–Trinajstić information content (AvgIpc) is 2.81. The Morgan fingerprint density at radius 2 is 2.31 bits per heavy atom. The van der Waals surface area contributed by atoms with E-state index in [1.807, 2.05) is 0 Å². The fourth-order valence-electron chi connectivity index (χ4n) is 2.09. The molecule has 3 heteroatoms. The maximum atomic E-state index is 5.73. The van der Waals surface area contributed by atoms with Crippen LogP contribution in [0.5, 0.6) is 0 Å². The smallest absolute Gasteiger partial charge is 0.0207 e. The number of likely N-dealkylation sites (N-methyl/N-ethyl adjacent to an activating group) is 1. The van der Waals surface area contributed by atoms with Crippen molar-refractivity contribution in [3.8, 4) is 0 Å². The van der Waals surface area contributed by atoms with Crippen molar-refractivity contribution in [1.29, 1.82) is 0 Å². The van der Waals surface area contributed by atoms with Crippen molar-refractivity contribution in [3.05, 3.63) is 0 Å². The summed E-state index contributed by atoms with van der Waals surface area (Å²) in [6.07, 6.45) is 3.97. The van der Waals surface area contributed by atoms with E-state index in [2.05, 4.69) is 17.3 Å². The molecule has 2 aliphatic rings. The Hall–Kier alpha value is -0.120. The first kappa shape index (κ1) is 9.44. The molecule has 1 atom stereocenters. The van der Waals surface area contributed by atoms with Gasteiger partial charge in [0.05, 0.1) is 0 Å². The van der Waals surface area contributed by atoms with E-state index in [1.54, 1.807) is 0 Å². The summed E-state index contributed by atoms with van der Waals surface area (Å²) in [6, 6.07) is 0.717. The van der Waals surface area contributed by atoms with Crippen molar-refractivity contribution in [3.63, 3.8) is 0 Å². The molecule has 3 nitrogen and oxygen atoms in total. The van der Waals surface area contributed by atoms with Crippen molar-refractivity contribution in [2.75, 3.05) is 33.2 Å². The highest BCUT2D eigenvalue weighted by Gasteiger charge is 2.41. The van der Waals surface area contributed by atoms with Crippen molar-refractivity contribution in [2.24, 2.45) is 11.1 Å². The van der Waals surface area contributed by atoms with E-state index < -0.39 is 0 Å². The molecule has 1 unspecified atom stereocenters. The molecule has 1 aliphatic carbocycles. The van der Waals surface area contributed by atoms with Crippen LogP contribution in [-0.2, 0) is 0 Å². The van der Waals surface area contributed by atoms with Gasteiger partial charge in [0.15, 0.2) is 0 Å². The lowest BCUT2D eigenvalue weighted by molar-refractivity contribution is 0.379. The van der Waals surface area contributed by atoms with Crippen LogP contribution in [0.2, 0.25) is 0 Å². The van der Waals surface area contributed by atoms with Gasteiger partial charge in [-0.2, -0.15) is 0 Å². The zero-order valence-electron chi connectivity index (χ0n) is 8.55. The summed E-state index contributed by atoms with van der Waals surface area (Å²) in [5.41, 5.74) is 6.22. The molecule has 13 heavy (non-hydrogen) atoms. The summed E-state index contributed by atoms with van der Waals surface area (Å²) >= 11 is 0. The van der Waals surface area contributed by atoms with Crippen molar-refractivity contribution in [1.82, 2.24) is 10.2 Å². The molecule has 0 spiro atoms. The minimum absolute atomic E-state index is 0.487. The Bertz CT molecular complexity index is 177. The van der Waals surface area contributed by atoms with Gasteiger partial charge in [0.25, 0.3) is 0 Å². The lowest BCUT2D eigenvalue weighted by Crippen LogP contribution is -2.38. The van der Waals surface area contributed by atoms with Crippen LogP contribution in [0, 0.1) is 5.41 Å². The third kappa shape index (κ3) is 2.22. The lowest BCUT2D eigenvalue weighted by atomic mass is 10.1. The molecule has 3 N–H and O–H groups in total. The molecule has 1 aliphatic heterocycles. The second-order valence-corrected chi connectivity index (χ2v) is 4.83. The van der Waals surface area contributed by atoms with Crippen LogP contribution in [0.15, 0.2) is 0 Å². The topological polar surface area (TPSA) is 41.3 Å². The highest BCUT2D eigenvalue weighted by molar-refractivity contribution is 4.96. The molecular weight excluding hydrogens is 162 g/mol. The zero-order chi connectivity index (χ0) is 9.31. The van der Waals surface area contributed by atoms with Crippen molar-refractivity contribution in [2.45, 2.75) is 25.3 Å². The Morgan fingerprint density at radius 1 is 1.54 bits per heavy atom. The second kappa shape index (κ2) is 3.56. The van der Waals surface area contributed by atoms with E-state index in [4.69, 9.17) is 5.73 Å². The number of hydrogen-bond donors (Lipinski definition) is 2. The third-order valence-corrected chi connectivity index (χ3v) is 3.55. The maximum absolute atomic E-state index is 5.73. The summed E-state index contributed by atoms with van der Waals surface area (Å²) in [7, 11) is 2.19. The molecule has 1 heterocycles. The predicted molar refractivity (Wildman–Crippen MR) is 54.6 cm³/mol. The molecule has 1 saturated heterocycles. The van der Waals surface area contributed by atoms with Gasteiger partial charge < -0.3 is 16.0 Å². The SMILES string of the molecule is CN1CCC(NCC2(CN)CC2)C1. The number of rotatable bonds is 4. The number of nitrogens with zero attached hydrogens (tertiary/aromatic N) is 1. The van der Waals surface area contributed by atoms with Gasteiger partial charge >= 0.3 is 0 Å². The van der Waals surface area contributed by atoms with E-state index in [9.17, 15) is 0 Å². The van der Waals surface area contributed by atoms with Gasteiger partial charge in [-0.05, 0) is 44.8 Å². The van der Waals surface area contributed by atoms with Gasteiger partial charge in [0, 0.05) is 19.1 Å². The summed E-state index contributed by atoms with van der Waals surface area (Å²) in [5.74, 6) is 0. The minimum atomic E-state index is 0.487. The van der Waals surface area contributed by atoms with Gasteiger partial charge in [-0.15, -0.1) is 0 Å². The quantitative estimate of drug-likeness (QED) is 0.645. The van der Waals surface area contributed by atoms with E-state index in [0.717, 1.165) is 13.1 Å². The monoisotopic (exact) mass is 183 g/mol. The van der Waals surface area contributed by atoms with Crippen LogP contribution in [0.3, 0.4) is 0 Å². The van der Waals surface area contributed by atoms with Gasteiger partial charge in [0.1, 0.15) is 0 Å². The minimum Gasteiger partial charge on any atom is -0.330 e. The zero-order valence-corrected chi connectivity index (χ0v) is 8.55. The number of nitrogens with one attached hydrogen (secondary N) is 1. The van der Waals surface area contributed by atoms with Gasteiger partial charge in [-0.25, -0.2) is 0 Å². The van der Waals surface area contributed by atoms with Crippen molar-refractivity contribution >= 4 is 0 Å². The summed E-state index contributed by atoms with van der Waals surface area (Å²) in [6.45, 7) is 4.46. The van der Waals surface area contributed by atoms with Gasteiger partial charge in [-0.3, -0.25) is 0 Å². The Morgan fingerprint density at radius 3 is 2.77 bits per heavy atom. The van der Waals surface area contributed by atoms with E-state index in [1.165, 1.54) is 32.4 Å². The molecule has 0 bridgehead atoms. The Kier molecular flexibility index (Phi) is 2.58. The summed E-state index contributed by atoms with van der Waals surface area (Å²) in [4.78, 5) is 2.39. The molecule has 0 aromatic heterocycles. The molecular formula is C10H21N3. The fourth-order valence-corrected chi connectivity index (χ4v) is 2.09. The highest BCUT2D eigenvalue weighted by Crippen LogP contribution is 2.43. The van der Waals surface area contributed by atoms with E-state index in [0.29, 0.717) is 11.5 Å². The van der Waals surface area contributed by atoms with Crippen LogP contribution < -0.4 is 11.1 Å². The second-order valence-electron chi connectivity index (χ2n) is 4.83. The van der Waals surface area contributed by atoms with Crippen LogP contribution in [0.1, 0.15) is 19.3 Å². The van der Waals surface area contributed by atoms with Gasteiger partial charge in [0.2, 0.25) is 0 Å². The van der Waals surface area contributed by atoms with Gasteiger partial charge in [-0.1, -0.05) is 0 Å². The first-order valence-electron chi connectivity index (χ1n) is 5.36. The number of likely N-dealkylation sites (tertiary alicyclic amines) is 1. The number of hydrogen-bond acceptors (Lipinski definition) is 3. The predicted octanol–water partition coefficient (Wildman–Crippen LogP) is 0.0190. The normalized spacial score (nSPS) is 32.3. The maximum Gasteiger partial charge on any atom is 0.0207 e. The van der Waals surface area contributed by atoms with Crippen molar-refractivity contribution < 1.29 is 0 Å². The Balaban J connectivity index is 1.68. The molecule has 0 aromatic rings. The first-order valence-corrected chi connectivity index (χ1v) is 5.36.